The van der Waals surface area contributed by atoms with E-state index in [0.717, 1.165) is 24.8 Å². The van der Waals surface area contributed by atoms with E-state index >= 15 is 0 Å². The van der Waals surface area contributed by atoms with E-state index in [2.05, 4.69) is 4.72 Å². The van der Waals surface area contributed by atoms with Gasteiger partial charge in [-0.15, -0.1) is 0 Å². The molecule has 1 aliphatic rings. The highest BCUT2D eigenvalue weighted by molar-refractivity contribution is 7.89. The largest absolute Gasteiger partial charge is 0.493 e. The first-order valence-electron chi connectivity index (χ1n) is 7.97. The van der Waals surface area contributed by atoms with Gasteiger partial charge in [0.15, 0.2) is 11.5 Å². The maximum atomic E-state index is 12.4. The van der Waals surface area contributed by atoms with E-state index in [1.54, 1.807) is 31.4 Å². The number of benzene rings is 2. The number of aryl methyl sites for hydroxylation is 2. The molecular weight excluding hydrogens is 326 g/mol. The highest BCUT2D eigenvalue weighted by atomic mass is 32.2. The van der Waals surface area contributed by atoms with Crippen molar-refractivity contribution in [3.05, 3.63) is 53.6 Å². The fourth-order valence-corrected chi connectivity index (χ4v) is 3.94. The number of methoxy groups -OCH3 is 1. The van der Waals surface area contributed by atoms with Crippen LogP contribution < -0.4 is 14.2 Å². The Morgan fingerprint density at radius 3 is 2.58 bits per heavy atom. The highest BCUT2D eigenvalue weighted by Crippen LogP contribution is 2.26. The van der Waals surface area contributed by atoms with Gasteiger partial charge in [0.05, 0.1) is 12.0 Å². The van der Waals surface area contributed by atoms with E-state index in [0.29, 0.717) is 16.4 Å². The summed E-state index contributed by atoms with van der Waals surface area (Å²) in [6.07, 6.45) is 3.09. The van der Waals surface area contributed by atoms with E-state index in [4.69, 9.17) is 9.47 Å². The fourth-order valence-electron chi connectivity index (χ4n) is 2.87. The molecule has 0 aliphatic heterocycles. The Balaban J connectivity index is 1.58. The molecule has 0 fully saturated rings. The van der Waals surface area contributed by atoms with Gasteiger partial charge in [0.25, 0.3) is 0 Å². The van der Waals surface area contributed by atoms with Crippen molar-refractivity contribution in [1.82, 2.24) is 4.72 Å². The number of nitrogens with one attached hydrogen (secondary N) is 1. The smallest absolute Gasteiger partial charge is 0.240 e. The van der Waals surface area contributed by atoms with Crippen molar-refractivity contribution < 1.29 is 17.9 Å². The lowest BCUT2D eigenvalue weighted by atomic mass is 10.1. The zero-order valence-electron chi connectivity index (χ0n) is 13.6. The van der Waals surface area contributed by atoms with Crippen LogP contribution in [0.3, 0.4) is 0 Å². The van der Waals surface area contributed by atoms with Gasteiger partial charge in [-0.2, -0.15) is 0 Å². The minimum absolute atomic E-state index is 0.192. The molecule has 0 radical (unpaired) electrons. The summed E-state index contributed by atoms with van der Waals surface area (Å²) in [7, 11) is -1.95. The maximum absolute atomic E-state index is 12.4. The summed E-state index contributed by atoms with van der Waals surface area (Å²) in [6.45, 7) is 0.419. The van der Waals surface area contributed by atoms with Gasteiger partial charge in [-0.05, 0) is 54.7 Å². The summed E-state index contributed by atoms with van der Waals surface area (Å²) >= 11 is 0. The van der Waals surface area contributed by atoms with E-state index in [1.807, 2.05) is 18.2 Å². The molecule has 0 unspecified atom stereocenters. The zero-order valence-corrected chi connectivity index (χ0v) is 14.4. The van der Waals surface area contributed by atoms with Crippen molar-refractivity contribution in [1.29, 1.82) is 0 Å². The highest BCUT2D eigenvalue weighted by Gasteiger charge is 2.18. The van der Waals surface area contributed by atoms with Crippen LogP contribution in [0.5, 0.6) is 11.5 Å². The molecule has 1 N–H and O–H groups in total. The van der Waals surface area contributed by atoms with E-state index in [-0.39, 0.29) is 13.2 Å². The predicted octanol–water partition coefficient (Wildman–Crippen LogP) is 2.54. The average Bonchev–Trinajstić information content (AvgIpc) is 3.07. The van der Waals surface area contributed by atoms with Crippen molar-refractivity contribution in [3.63, 3.8) is 0 Å². The van der Waals surface area contributed by atoms with Gasteiger partial charge in [-0.3, -0.25) is 0 Å². The maximum Gasteiger partial charge on any atom is 0.240 e. The number of hydrogen-bond acceptors (Lipinski definition) is 4. The molecule has 2 aromatic rings. The van der Waals surface area contributed by atoms with Crippen LogP contribution in [0.4, 0.5) is 0 Å². The van der Waals surface area contributed by atoms with Gasteiger partial charge in [-0.25, -0.2) is 13.1 Å². The number of sulfonamides is 1. The number of ether oxygens (including phenoxy) is 2. The summed E-state index contributed by atoms with van der Waals surface area (Å²) in [5, 5.41) is 0. The molecule has 1 aliphatic carbocycles. The molecule has 0 atom stereocenters. The van der Waals surface area contributed by atoms with Crippen LogP contribution in [0.15, 0.2) is 47.4 Å². The molecule has 2 aromatic carbocycles. The quantitative estimate of drug-likeness (QED) is 0.782. The Morgan fingerprint density at radius 2 is 1.79 bits per heavy atom. The molecule has 0 bridgehead atoms. The van der Waals surface area contributed by atoms with Crippen LogP contribution in [0.2, 0.25) is 0 Å². The normalized spacial score (nSPS) is 13.5. The Hall–Kier alpha value is -2.05. The lowest BCUT2D eigenvalue weighted by molar-refractivity contribution is 0.298. The molecule has 0 amide bonds. The SMILES string of the molecule is COc1ccccc1OCCNS(=O)(=O)c1ccc2c(c1)CCC2. The summed E-state index contributed by atoms with van der Waals surface area (Å²) in [4.78, 5) is 0.320. The Kier molecular flexibility index (Phi) is 5.06. The first-order chi connectivity index (χ1) is 11.6. The number of rotatable bonds is 7. The first-order valence-corrected chi connectivity index (χ1v) is 9.46. The number of hydrogen-bond donors (Lipinski definition) is 1. The minimum Gasteiger partial charge on any atom is -0.493 e. The lowest BCUT2D eigenvalue weighted by Crippen LogP contribution is -2.28. The van der Waals surface area contributed by atoms with Gasteiger partial charge < -0.3 is 9.47 Å². The molecule has 24 heavy (non-hydrogen) atoms. The van der Waals surface area contributed by atoms with Crippen LogP contribution in [0, 0.1) is 0 Å². The summed E-state index contributed by atoms with van der Waals surface area (Å²) < 4.78 is 38.1. The van der Waals surface area contributed by atoms with Crippen molar-refractivity contribution in [3.8, 4) is 11.5 Å². The molecule has 0 aromatic heterocycles. The van der Waals surface area contributed by atoms with Gasteiger partial charge in [0.2, 0.25) is 10.0 Å². The van der Waals surface area contributed by atoms with E-state index < -0.39 is 10.0 Å². The number of fused-ring (bicyclic) bond motifs is 1. The van der Waals surface area contributed by atoms with Crippen molar-refractivity contribution in [2.24, 2.45) is 0 Å². The Labute approximate surface area is 142 Å². The molecule has 0 saturated heterocycles. The van der Waals surface area contributed by atoms with Crippen molar-refractivity contribution in [2.45, 2.75) is 24.2 Å². The average molecular weight is 347 g/mol. The lowest BCUT2D eigenvalue weighted by Gasteiger charge is -2.11. The minimum atomic E-state index is -3.51. The molecule has 0 spiro atoms. The molecule has 5 nitrogen and oxygen atoms in total. The molecule has 128 valence electrons. The second-order valence-electron chi connectivity index (χ2n) is 5.68. The van der Waals surface area contributed by atoms with Gasteiger partial charge in [-0.1, -0.05) is 18.2 Å². The van der Waals surface area contributed by atoms with Crippen LogP contribution in [0.25, 0.3) is 0 Å². The third kappa shape index (κ3) is 3.71. The first kappa shape index (κ1) is 16.8. The Bertz CT molecular complexity index is 818. The summed E-state index contributed by atoms with van der Waals surface area (Å²) in [5.74, 6) is 1.22. The van der Waals surface area contributed by atoms with Crippen molar-refractivity contribution >= 4 is 10.0 Å². The fraction of sp³-hybridized carbons (Fsp3) is 0.333. The number of para-hydroxylation sites is 2. The summed E-state index contributed by atoms with van der Waals surface area (Å²) in [5.41, 5.74) is 2.40. The summed E-state index contributed by atoms with van der Waals surface area (Å²) in [6, 6.07) is 12.6. The topological polar surface area (TPSA) is 64.6 Å². The van der Waals surface area contributed by atoms with E-state index in [1.165, 1.54) is 5.56 Å². The molecule has 0 heterocycles. The zero-order chi connectivity index (χ0) is 17.0. The monoisotopic (exact) mass is 347 g/mol. The van der Waals surface area contributed by atoms with Crippen LogP contribution >= 0.6 is 0 Å². The Morgan fingerprint density at radius 1 is 1.04 bits per heavy atom. The second kappa shape index (κ2) is 7.23. The molecule has 0 saturated carbocycles. The standard InChI is InChI=1S/C18H21NO4S/c1-22-17-7-2-3-8-18(17)23-12-11-19-24(20,21)16-10-9-14-5-4-6-15(14)13-16/h2-3,7-10,13,19H,4-6,11-12H2,1H3. The molecule has 6 heteroatoms. The van der Waals surface area contributed by atoms with Gasteiger partial charge in [0.1, 0.15) is 6.61 Å². The molecule has 3 rings (SSSR count). The van der Waals surface area contributed by atoms with Crippen LogP contribution in [-0.4, -0.2) is 28.7 Å². The van der Waals surface area contributed by atoms with Gasteiger partial charge >= 0.3 is 0 Å². The van der Waals surface area contributed by atoms with Crippen LogP contribution in [-0.2, 0) is 22.9 Å². The third-order valence-corrected chi connectivity index (χ3v) is 5.56. The second-order valence-corrected chi connectivity index (χ2v) is 7.45. The van der Waals surface area contributed by atoms with Crippen molar-refractivity contribution in [2.75, 3.05) is 20.3 Å². The third-order valence-electron chi connectivity index (χ3n) is 4.10. The molecular formula is C18H21NO4S. The predicted molar refractivity (Wildman–Crippen MR) is 92.1 cm³/mol. The van der Waals surface area contributed by atoms with Crippen LogP contribution in [0.1, 0.15) is 17.5 Å². The van der Waals surface area contributed by atoms with E-state index in [9.17, 15) is 8.42 Å². The van der Waals surface area contributed by atoms with Gasteiger partial charge in [0, 0.05) is 6.54 Å².